The minimum Gasteiger partial charge on any atom is -0.494 e. The lowest BCUT2D eigenvalue weighted by Gasteiger charge is -2.28. The third-order valence-corrected chi connectivity index (χ3v) is 6.22. The average Bonchev–Trinajstić information content (AvgIpc) is 3.39. The number of ether oxygens (including phenoxy) is 3. The quantitative estimate of drug-likeness (QED) is 0.755. The summed E-state index contributed by atoms with van der Waals surface area (Å²) in [6, 6.07) is 13.3. The van der Waals surface area contributed by atoms with Crippen molar-refractivity contribution in [1.82, 2.24) is 10.2 Å². The van der Waals surface area contributed by atoms with Gasteiger partial charge in [-0.1, -0.05) is 6.07 Å². The summed E-state index contributed by atoms with van der Waals surface area (Å²) < 4.78 is 16.5. The maximum Gasteiger partial charge on any atom is 0.261 e. The first-order valence-electron chi connectivity index (χ1n) is 9.99. The van der Waals surface area contributed by atoms with Crippen molar-refractivity contribution in [2.45, 2.75) is 18.4 Å². The van der Waals surface area contributed by atoms with E-state index in [4.69, 9.17) is 26.4 Å². The Balaban J connectivity index is 1.49. The van der Waals surface area contributed by atoms with E-state index < -0.39 is 5.54 Å². The van der Waals surface area contributed by atoms with Gasteiger partial charge in [0, 0.05) is 19.0 Å². The monoisotopic (exact) mass is 425 g/mol. The molecular formula is C22H23N3O4S. The van der Waals surface area contributed by atoms with Gasteiger partial charge in [0.2, 0.25) is 6.79 Å². The van der Waals surface area contributed by atoms with E-state index in [1.165, 1.54) is 0 Å². The zero-order valence-electron chi connectivity index (χ0n) is 16.9. The number of rotatable bonds is 4. The molecule has 7 nitrogen and oxygen atoms in total. The number of anilines is 1. The lowest BCUT2D eigenvalue weighted by Crippen LogP contribution is -2.52. The van der Waals surface area contributed by atoms with Gasteiger partial charge in [0.15, 0.2) is 16.6 Å². The Morgan fingerprint density at radius 1 is 1.20 bits per heavy atom. The highest BCUT2D eigenvalue weighted by Crippen LogP contribution is 2.44. The molecule has 1 amide bonds. The Morgan fingerprint density at radius 3 is 2.73 bits per heavy atom. The SMILES string of the molecule is CCOc1ccc(N2C(=O)[C@@]3(CN(C)C[C@@H]3c3ccc4c(c3)OCO4)NC2=S)cc1. The third kappa shape index (κ3) is 2.90. The summed E-state index contributed by atoms with van der Waals surface area (Å²) in [7, 11) is 2.02. The van der Waals surface area contributed by atoms with Crippen LogP contribution in [0.3, 0.4) is 0 Å². The number of carbonyl (C=O) groups excluding carboxylic acids is 1. The van der Waals surface area contributed by atoms with Gasteiger partial charge in [-0.2, -0.15) is 0 Å². The molecule has 0 aromatic heterocycles. The molecular weight excluding hydrogens is 402 g/mol. The summed E-state index contributed by atoms with van der Waals surface area (Å²) in [4.78, 5) is 17.5. The van der Waals surface area contributed by atoms with Crippen LogP contribution in [0.4, 0.5) is 5.69 Å². The van der Waals surface area contributed by atoms with Gasteiger partial charge < -0.3 is 24.4 Å². The summed E-state index contributed by atoms with van der Waals surface area (Å²) in [5, 5.41) is 3.80. The molecule has 2 atom stereocenters. The average molecular weight is 426 g/mol. The van der Waals surface area contributed by atoms with Gasteiger partial charge in [-0.3, -0.25) is 9.69 Å². The molecule has 0 radical (unpaired) electrons. The van der Waals surface area contributed by atoms with Crippen LogP contribution in [0.2, 0.25) is 0 Å². The van der Waals surface area contributed by atoms with Crippen molar-refractivity contribution in [3.05, 3.63) is 48.0 Å². The largest absolute Gasteiger partial charge is 0.494 e. The van der Waals surface area contributed by atoms with Crippen LogP contribution in [-0.4, -0.2) is 55.0 Å². The first kappa shape index (κ1) is 19.1. The smallest absolute Gasteiger partial charge is 0.261 e. The number of likely N-dealkylation sites (tertiary alicyclic amines) is 1. The van der Waals surface area contributed by atoms with E-state index in [-0.39, 0.29) is 18.6 Å². The van der Waals surface area contributed by atoms with E-state index >= 15 is 0 Å². The number of fused-ring (bicyclic) bond motifs is 1. The predicted molar refractivity (Wildman–Crippen MR) is 116 cm³/mol. The van der Waals surface area contributed by atoms with Crippen molar-refractivity contribution in [2.24, 2.45) is 0 Å². The summed E-state index contributed by atoms with van der Waals surface area (Å²) >= 11 is 5.61. The Bertz CT molecular complexity index is 1010. The zero-order valence-corrected chi connectivity index (χ0v) is 17.7. The molecule has 0 unspecified atom stereocenters. The molecule has 2 aromatic rings. The minimum absolute atomic E-state index is 0.0383. The Hall–Kier alpha value is -2.84. The maximum absolute atomic E-state index is 13.8. The first-order chi connectivity index (χ1) is 14.5. The lowest BCUT2D eigenvalue weighted by atomic mass is 9.81. The van der Waals surface area contributed by atoms with Gasteiger partial charge in [0.25, 0.3) is 5.91 Å². The number of nitrogens with zero attached hydrogens (tertiary/aromatic N) is 2. The maximum atomic E-state index is 13.8. The van der Waals surface area contributed by atoms with E-state index in [1.54, 1.807) is 4.90 Å². The molecule has 1 N–H and O–H groups in total. The van der Waals surface area contributed by atoms with Gasteiger partial charge in [-0.05, 0) is 68.2 Å². The Kier molecular flexibility index (Phi) is 4.56. The van der Waals surface area contributed by atoms with E-state index in [1.807, 2.05) is 56.4 Å². The van der Waals surface area contributed by atoms with Gasteiger partial charge in [0.1, 0.15) is 11.3 Å². The predicted octanol–water partition coefficient (Wildman–Crippen LogP) is 2.50. The zero-order chi connectivity index (χ0) is 20.9. The number of benzene rings is 2. The van der Waals surface area contributed by atoms with Crippen LogP contribution in [0.25, 0.3) is 0 Å². The molecule has 156 valence electrons. The van der Waals surface area contributed by atoms with E-state index in [0.29, 0.717) is 24.0 Å². The van der Waals surface area contributed by atoms with Crippen molar-refractivity contribution < 1.29 is 19.0 Å². The van der Waals surface area contributed by atoms with Crippen molar-refractivity contribution in [3.63, 3.8) is 0 Å². The topological polar surface area (TPSA) is 63.3 Å². The van der Waals surface area contributed by atoms with Crippen LogP contribution >= 0.6 is 12.2 Å². The van der Waals surface area contributed by atoms with Crippen LogP contribution in [0, 0.1) is 0 Å². The van der Waals surface area contributed by atoms with Crippen molar-refractivity contribution in [1.29, 1.82) is 0 Å². The number of hydrogen-bond donors (Lipinski definition) is 1. The number of thiocarbonyl (C=S) groups is 1. The fraction of sp³-hybridized carbons (Fsp3) is 0.364. The summed E-state index contributed by atoms with van der Waals surface area (Å²) in [6.07, 6.45) is 0. The van der Waals surface area contributed by atoms with Crippen molar-refractivity contribution >= 4 is 28.9 Å². The summed E-state index contributed by atoms with van der Waals surface area (Å²) in [6.45, 7) is 4.06. The molecule has 0 saturated carbocycles. The molecule has 3 heterocycles. The molecule has 5 rings (SSSR count). The van der Waals surface area contributed by atoms with Crippen molar-refractivity contribution in [2.75, 3.05) is 38.4 Å². The van der Waals surface area contributed by atoms with E-state index in [9.17, 15) is 4.79 Å². The van der Waals surface area contributed by atoms with Gasteiger partial charge in [-0.25, -0.2) is 0 Å². The molecule has 3 aliphatic heterocycles. The normalized spacial score (nSPS) is 25.3. The molecule has 30 heavy (non-hydrogen) atoms. The van der Waals surface area contributed by atoms with Crippen LogP contribution in [-0.2, 0) is 4.79 Å². The molecule has 1 spiro atoms. The van der Waals surface area contributed by atoms with Crippen LogP contribution < -0.4 is 24.4 Å². The molecule has 8 heteroatoms. The van der Waals surface area contributed by atoms with Gasteiger partial charge >= 0.3 is 0 Å². The Morgan fingerprint density at radius 2 is 1.97 bits per heavy atom. The highest BCUT2D eigenvalue weighted by molar-refractivity contribution is 7.80. The second-order valence-corrected chi connectivity index (χ2v) is 8.22. The molecule has 2 aromatic carbocycles. The van der Waals surface area contributed by atoms with E-state index in [0.717, 1.165) is 29.3 Å². The second kappa shape index (κ2) is 7.14. The van der Waals surface area contributed by atoms with Gasteiger partial charge in [0.05, 0.1) is 12.3 Å². The number of hydrogen-bond acceptors (Lipinski definition) is 6. The number of nitrogens with one attached hydrogen (secondary N) is 1. The molecule has 2 fully saturated rings. The van der Waals surface area contributed by atoms with Crippen molar-refractivity contribution in [3.8, 4) is 17.2 Å². The third-order valence-electron chi connectivity index (χ3n) is 5.93. The second-order valence-electron chi connectivity index (χ2n) is 7.83. The lowest BCUT2D eigenvalue weighted by molar-refractivity contribution is -0.122. The van der Waals surface area contributed by atoms with E-state index in [2.05, 4.69) is 10.2 Å². The molecule has 2 saturated heterocycles. The highest BCUT2D eigenvalue weighted by atomic mass is 32.1. The number of amides is 1. The van der Waals surface area contributed by atoms with Crippen LogP contribution in [0.15, 0.2) is 42.5 Å². The Labute approximate surface area is 180 Å². The first-order valence-corrected chi connectivity index (χ1v) is 10.4. The number of carbonyl (C=O) groups is 1. The fourth-order valence-corrected chi connectivity index (χ4v) is 4.99. The molecule has 3 aliphatic rings. The van der Waals surface area contributed by atoms with Gasteiger partial charge in [-0.15, -0.1) is 0 Å². The van der Waals surface area contributed by atoms with Crippen LogP contribution in [0.1, 0.15) is 18.4 Å². The summed E-state index contributed by atoms with van der Waals surface area (Å²) in [5.74, 6) is 2.10. The fourth-order valence-electron chi connectivity index (χ4n) is 4.62. The molecule has 0 bridgehead atoms. The summed E-state index contributed by atoms with van der Waals surface area (Å²) in [5.41, 5.74) is 0.940. The highest BCUT2D eigenvalue weighted by Gasteiger charge is 2.59. The van der Waals surface area contributed by atoms with Crippen LogP contribution in [0.5, 0.6) is 17.2 Å². The standard InChI is InChI=1S/C22H23N3O4S/c1-3-27-16-7-5-15(6-8-16)25-20(26)22(23-21(25)30)12-24(2)11-17(22)14-4-9-18-19(10-14)29-13-28-18/h4-10,17H,3,11-13H2,1-2H3,(H,23,30)/t17-,22+/m1/s1. The minimum atomic E-state index is -0.821. The number of likely N-dealkylation sites (N-methyl/N-ethyl adjacent to an activating group) is 1. The molecule has 0 aliphatic carbocycles.